The van der Waals surface area contributed by atoms with Crippen LogP contribution >= 0.6 is 11.6 Å². The van der Waals surface area contributed by atoms with Crippen LogP contribution in [0.5, 0.6) is 5.75 Å². The molecular weight excluding hydrogens is 210 g/mol. The van der Waals surface area contributed by atoms with E-state index in [4.69, 9.17) is 16.3 Å². The average Bonchev–Trinajstić information content (AvgIpc) is 2.16. The fraction of sp³-hybridized carbons (Fsp3) is 0.500. The number of benzene rings is 1. The molecule has 0 fully saturated rings. The van der Waals surface area contributed by atoms with Gasteiger partial charge < -0.3 is 10.1 Å². The fourth-order valence-electron chi connectivity index (χ4n) is 1.32. The van der Waals surface area contributed by atoms with Crippen LogP contribution in [-0.2, 0) is 6.54 Å². The summed E-state index contributed by atoms with van der Waals surface area (Å²) in [5.74, 6) is 0.874. The van der Waals surface area contributed by atoms with Crippen molar-refractivity contribution in [2.75, 3.05) is 6.54 Å². The van der Waals surface area contributed by atoms with Crippen molar-refractivity contribution in [3.05, 3.63) is 28.8 Å². The largest absolute Gasteiger partial charge is 0.491 e. The Morgan fingerprint density at radius 1 is 1.40 bits per heavy atom. The van der Waals surface area contributed by atoms with Crippen molar-refractivity contribution in [1.29, 1.82) is 0 Å². The summed E-state index contributed by atoms with van der Waals surface area (Å²) in [4.78, 5) is 0. The van der Waals surface area contributed by atoms with Crippen molar-refractivity contribution in [2.24, 2.45) is 0 Å². The maximum atomic E-state index is 6.13. The van der Waals surface area contributed by atoms with Gasteiger partial charge >= 0.3 is 0 Å². The smallest absolute Gasteiger partial charge is 0.125 e. The third kappa shape index (κ3) is 3.73. The molecule has 0 aliphatic rings. The van der Waals surface area contributed by atoms with Gasteiger partial charge in [0.2, 0.25) is 0 Å². The van der Waals surface area contributed by atoms with E-state index in [1.54, 1.807) is 0 Å². The molecule has 0 aliphatic carbocycles. The van der Waals surface area contributed by atoms with E-state index in [-0.39, 0.29) is 6.10 Å². The van der Waals surface area contributed by atoms with Crippen LogP contribution in [0, 0.1) is 0 Å². The third-order valence-corrected chi connectivity index (χ3v) is 2.34. The zero-order valence-corrected chi connectivity index (χ0v) is 10.3. The molecule has 0 saturated carbocycles. The van der Waals surface area contributed by atoms with Gasteiger partial charge in [-0.15, -0.1) is 0 Å². The standard InChI is InChI=1S/C12H18ClNO/c1-4-14-8-10-11(13)6-5-7-12(10)15-9(2)3/h5-7,9,14H,4,8H2,1-3H3. The maximum absolute atomic E-state index is 6.13. The van der Waals surface area contributed by atoms with Crippen LogP contribution in [-0.4, -0.2) is 12.6 Å². The molecule has 0 unspecified atom stereocenters. The van der Waals surface area contributed by atoms with E-state index in [2.05, 4.69) is 12.2 Å². The molecule has 0 aromatic heterocycles. The van der Waals surface area contributed by atoms with E-state index >= 15 is 0 Å². The van der Waals surface area contributed by atoms with E-state index in [0.29, 0.717) is 0 Å². The topological polar surface area (TPSA) is 21.3 Å². The van der Waals surface area contributed by atoms with Crippen LogP contribution in [0.2, 0.25) is 5.02 Å². The lowest BCUT2D eigenvalue weighted by molar-refractivity contribution is 0.239. The van der Waals surface area contributed by atoms with E-state index in [1.807, 2.05) is 32.0 Å². The van der Waals surface area contributed by atoms with Crippen molar-refractivity contribution in [2.45, 2.75) is 33.4 Å². The van der Waals surface area contributed by atoms with Crippen LogP contribution in [0.15, 0.2) is 18.2 Å². The number of nitrogens with one attached hydrogen (secondary N) is 1. The highest BCUT2D eigenvalue weighted by atomic mass is 35.5. The normalized spacial score (nSPS) is 10.7. The van der Waals surface area contributed by atoms with Crippen molar-refractivity contribution in [3.63, 3.8) is 0 Å². The Morgan fingerprint density at radius 3 is 2.73 bits per heavy atom. The Morgan fingerprint density at radius 2 is 2.13 bits per heavy atom. The Labute approximate surface area is 96.6 Å². The SMILES string of the molecule is CCNCc1c(Cl)cccc1OC(C)C. The predicted molar refractivity (Wildman–Crippen MR) is 64.6 cm³/mol. The predicted octanol–water partition coefficient (Wildman–Crippen LogP) is 3.24. The summed E-state index contributed by atoms with van der Waals surface area (Å²) in [7, 11) is 0. The molecule has 1 aromatic carbocycles. The number of hydrogen-bond acceptors (Lipinski definition) is 2. The van der Waals surface area contributed by atoms with E-state index in [9.17, 15) is 0 Å². The highest BCUT2D eigenvalue weighted by Gasteiger charge is 2.08. The summed E-state index contributed by atoms with van der Waals surface area (Å²) < 4.78 is 5.70. The van der Waals surface area contributed by atoms with Crippen LogP contribution in [0.25, 0.3) is 0 Å². The van der Waals surface area contributed by atoms with Gasteiger partial charge in [0.15, 0.2) is 0 Å². The van der Waals surface area contributed by atoms with E-state index in [1.165, 1.54) is 0 Å². The lowest BCUT2D eigenvalue weighted by Crippen LogP contribution is -2.15. The Balaban J connectivity index is 2.87. The molecular formula is C12H18ClNO. The summed E-state index contributed by atoms with van der Waals surface area (Å²) in [6.45, 7) is 7.76. The highest BCUT2D eigenvalue weighted by Crippen LogP contribution is 2.27. The van der Waals surface area contributed by atoms with Gasteiger partial charge in [0.05, 0.1) is 6.10 Å². The summed E-state index contributed by atoms with van der Waals surface area (Å²) in [5.41, 5.74) is 1.04. The Hall–Kier alpha value is -0.730. The zero-order valence-electron chi connectivity index (χ0n) is 9.51. The highest BCUT2D eigenvalue weighted by molar-refractivity contribution is 6.31. The number of hydrogen-bond donors (Lipinski definition) is 1. The molecule has 0 spiro atoms. The first-order valence-corrected chi connectivity index (χ1v) is 5.67. The van der Waals surface area contributed by atoms with Gasteiger partial charge in [0.1, 0.15) is 5.75 Å². The van der Waals surface area contributed by atoms with Crippen LogP contribution in [0.1, 0.15) is 26.3 Å². The van der Waals surface area contributed by atoms with Crippen LogP contribution < -0.4 is 10.1 Å². The van der Waals surface area contributed by atoms with Gasteiger partial charge in [-0.25, -0.2) is 0 Å². The molecule has 0 radical (unpaired) electrons. The summed E-state index contributed by atoms with van der Waals surface area (Å²) in [6.07, 6.45) is 0.170. The lowest BCUT2D eigenvalue weighted by Gasteiger charge is -2.15. The molecule has 0 aliphatic heterocycles. The van der Waals surface area contributed by atoms with Crippen molar-refractivity contribution in [3.8, 4) is 5.75 Å². The number of rotatable bonds is 5. The fourth-order valence-corrected chi connectivity index (χ4v) is 1.56. The molecule has 0 atom stereocenters. The van der Waals surface area contributed by atoms with Crippen molar-refractivity contribution < 1.29 is 4.74 Å². The molecule has 0 bridgehead atoms. The number of ether oxygens (including phenoxy) is 1. The molecule has 1 rings (SSSR count). The van der Waals surface area contributed by atoms with Gasteiger partial charge in [0, 0.05) is 17.1 Å². The first kappa shape index (κ1) is 12.3. The minimum atomic E-state index is 0.170. The van der Waals surface area contributed by atoms with E-state index in [0.717, 1.165) is 29.4 Å². The van der Waals surface area contributed by atoms with Crippen molar-refractivity contribution >= 4 is 11.6 Å². The van der Waals surface area contributed by atoms with Crippen LogP contribution in [0.4, 0.5) is 0 Å². The molecule has 0 saturated heterocycles. The lowest BCUT2D eigenvalue weighted by atomic mass is 10.2. The molecule has 15 heavy (non-hydrogen) atoms. The molecule has 0 heterocycles. The second-order valence-corrected chi connectivity index (χ2v) is 4.07. The van der Waals surface area contributed by atoms with Gasteiger partial charge in [-0.3, -0.25) is 0 Å². The van der Waals surface area contributed by atoms with Crippen LogP contribution in [0.3, 0.4) is 0 Å². The Kier molecular flexibility index (Phi) is 4.92. The molecule has 0 amide bonds. The third-order valence-electron chi connectivity index (χ3n) is 1.99. The van der Waals surface area contributed by atoms with E-state index < -0.39 is 0 Å². The van der Waals surface area contributed by atoms with Gasteiger partial charge in [-0.2, -0.15) is 0 Å². The summed E-state index contributed by atoms with van der Waals surface area (Å²) >= 11 is 6.13. The Bertz CT molecular complexity index is 312. The minimum absolute atomic E-state index is 0.170. The molecule has 2 nitrogen and oxygen atoms in total. The molecule has 3 heteroatoms. The zero-order chi connectivity index (χ0) is 11.3. The summed E-state index contributed by atoms with van der Waals surface area (Å²) in [5, 5.41) is 4.01. The molecule has 1 N–H and O–H groups in total. The second kappa shape index (κ2) is 5.99. The average molecular weight is 228 g/mol. The second-order valence-electron chi connectivity index (χ2n) is 3.66. The van der Waals surface area contributed by atoms with Gasteiger partial charge in [-0.1, -0.05) is 24.6 Å². The molecule has 1 aromatic rings. The first-order valence-electron chi connectivity index (χ1n) is 5.30. The van der Waals surface area contributed by atoms with Gasteiger partial charge in [-0.05, 0) is 32.5 Å². The quantitative estimate of drug-likeness (QED) is 0.834. The first-order chi connectivity index (χ1) is 7.15. The number of halogens is 1. The van der Waals surface area contributed by atoms with Crippen molar-refractivity contribution in [1.82, 2.24) is 5.32 Å². The summed E-state index contributed by atoms with van der Waals surface area (Å²) in [6, 6.07) is 5.76. The molecule has 84 valence electrons. The monoisotopic (exact) mass is 227 g/mol. The minimum Gasteiger partial charge on any atom is -0.491 e. The maximum Gasteiger partial charge on any atom is 0.125 e. The van der Waals surface area contributed by atoms with Gasteiger partial charge in [0.25, 0.3) is 0 Å².